The lowest BCUT2D eigenvalue weighted by molar-refractivity contribution is -0.0722. The molecule has 24 heteroatoms. The third kappa shape index (κ3) is 11.1. The Hall–Kier alpha value is -0.940. The molecule has 3 N–H and O–H groups in total. The lowest BCUT2D eigenvalue weighted by Gasteiger charge is -2.31. The van der Waals surface area contributed by atoms with Gasteiger partial charge in [0.2, 0.25) is 40.1 Å². The van der Waals surface area contributed by atoms with Crippen LogP contribution in [-0.4, -0.2) is 221 Å². The van der Waals surface area contributed by atoms with Crippen LogP contribution < -0.4 is 5.73 Å². The van der Waals surface area contributed by atoms with Crippen LogP contribution in [0.3, 0.4) is 0 Å². The third-order valence-electron chi connectivity index (χ3n) is 11.4. The molecule has 0 bridgehead atoms. The number of epoxide rings is 2. The molecule has 330 valence electrons. The highest BCUT2D eigenvalue weighted by Crippen LogP contribution is 2.47. The summed E-state index contributed by atoms with van der Waals surface area (Å²) in [6.07, 6.45) is 5.95. The van der Waals surface area contributed by atoms with Crippen molar-refractivity contribution in [2.24, 2.45) is 5.73 Å². The normalized spacial score (nSPS) is 37.9. The molecule has 10 atom stereocenters. The average molecular weight is 886 g/mol. The second kappa shape index (κ2) is 18.0. The maximum Gasteiger partial charge on any atom is 0.211 e. The SMILES string of the molecule is C/C=C1\CN(S(C)(=O)=O)C[C@@H]1OC.CO[C@H]1CN(S(C)(=O)=O)C[C@@]1(O)[C@@H](C)N.CO[C@H]1CN(S(C)(=O)=O)C[C@@]12O[C@@H]2C.CO[C@H]1CN(S(C)(=O)=O)C[C@]12O[C@H]2C. The summed E-state index contributed by atoms with van der Waals surface area (Å²) in [5.74, 6) is 0. The number of hydrogen-bond acceptors (Lipinski definition) is 16. The predicted octanol–water partition coefficient (Wildman–Crippen LogP) is -2.55. The van der Waals surface area contributed by atoms with Crippen molar-refractivity contribution >= 4 is 40.1 Å². The summed E-state index contributed by atoms with van der Waals surface area (Å²) in [5.41, 5.74) is 4.63. The van der Waals surface area contributed by atoms with Crippen molar-refractivity contribution in [3.05, 3.63) is 11.6 Å². The summed E-state index contributed by atoms with van der Waals surface area (Å²) in [6.45, 7) is 10.1. The maximum atomic E-state index is 11.3. The van der Waals surface area contributed by atoms with E-state index in [4.69, 9.17) is 34.2 Å². The smallest absolute Gasteiger partial charge is 0.211 e. The van der Waals surface area contributed by atoms with Crippen LogP contribution in [-0.2, 0) is 68.5 Å². The van der Waals surface area contributed by atoms with Gasteiger partial charge in [-0.3, -0.25) is 0 Å². The molecule has 6 heterocycles. The van der Waals surface area contributed by atoms with Gasteiger partial charge in [0.05, 0.1) is 43.3 Å². The van der Waals surface area contributed by atoms with Crippen molar-refractivity contribution in [3.63, 3.8) is 0 Å². The molecule has 0 saturated carbocycles. The van der Waals surface area contributed by atoms with Crippen molar-refractivity contribution in [1.82, 2.24) is 17.2 Å². The fraction of sp³-hybridized carbons (Fsp3) is 0.938. The largest absolute Gasteiger partial charge is 0.384 e. The molecule has 6 rings (SSSR count). The van der Waals surface area contributed by atoms with E-state index in [-0.39, 0.29) is 54.8 Å². The molecule has 0 amide bonds. The zero-order chi connectivity index (χ0) is 43.0. The standard InChI is InChI=1S/C8H18N2O4S.2C8H15NO4S.C8H15NO3S/c1-6(9)8(11)5-10(15(3,12)13)4-7(8)14-2;2*1-6-8(13-6)5-9(14(3,10)11)4-7(8)12-2;1-4-7-5-9(13(3,10)11)6-8(7)12-2/h6-7,11H,4-5,9H2,1-3H3;2*6-7H,4-5H2,1-3H3;4,8H,5-6H2,1-3H3/b;;;7-4+/t6-,7+,8-;6-,7+,8+;6-,7-,8+;8-/m1100/s1. The Morgan fingerprint density at radius 3 is 1.21 bits per heavy atom. The van der Waals surface area contributed by atoms with Crippen LogP contribution in [0, 0.1) is 0 Å². The van der Waals surface area contributed by atoms with Gasteiger partial charge in [0.25, 0.3) is 0 Å². The van der Waals surface area contributed by atoms with E-state index in [0.29, 0.717) is 39.3 Å². The first-order chi connectivity index (χ1) is 25.5. The highest BCUT2D eigenvalue weighted by atomic mass is 32.2. The summed E-state index contributed by atoms with van der Waals surface area (Å²) >= 11 is 0. The lowest BCUT2D eigenvalue weighted by Crippen LogP contribution is -2.55. The van der Waals surface area contributed by atoms with Crippen molar-refractivity contribution in [3.8, 4) is 0 Å². The van der Waals surface area contributed by atoms with Gasteiger partial charge in [-0.2, -0.15) is 17.2 Å². The topological polar surface area (TPSA) is 258 Å². The molecule has 0 aromatic heterocycles. The molecule has 0 unspecified atom stereocenters. The van der Waals surface area contributed by atoms with Gasteiger partial charge in [0.1, 0.15) is 35.1 Å². The second-order valence-corrected chi connectivity index (χ2v) is 23.1. The molecule has 6 aliphatic rings. The first-order valence-electron chi connectivity index (χ1n) is 17.9. The number of ether oxygens (including phenoxy) is 6. The molecular weight excluding hydrogens is 823 g/mol. The zero-order valence-corrected chi connectivity index (χ0v) is 37.7. The molecule has 0 aliphatic carbocycles. The van der Waals surface area contributed by atoms with Crippen molar-refractivity contribution in [2.45, 2.75) is 87.2 Å². The fourth-order valence-corrected chi connectivity index (χ4v) is 10.7. The molecule has 6 aliphatic heterocycles. The number of nitrogens with two attached hydrogens (primary N) is 1. The Labute approximate surface area is 333 Å². The minimum absolute atomic E-state index is 0.0119. The minimum atomic E-state index is -3.31. The molecule has 6 fully saturated rings. The molecule has 6 saturated heterocycles. The Morgan fingerprint density at radius 2 is 1.00 bits per heavy atom. The van der Waals surface area contributed by atoms with Crippen LogP contribution in [0.1, 0.15) is 27.7 Å². The number of aliphatic hydroxyl groups is 1. The number of β-amino-alcohol motifs (C(OH)–C–C–N with tert-alkyl or cyclic N) is 1. The highest BCUT2D eigenvalue weighted by Gasteiger charge is 2.66. The van der Waals surface area contributed by atoms with Gasteiger partial charge in [-0.05, 0) is 33.3 Å². The first kappa shape index (κ1) is 49.4. The molecular formula is C32H63N5O15S4. The van der Waals surface area contributed by atoms with E-state index >= 15 is 0 Å². The van der Waals surface area contributed by atoms with Crippen LogP contribution >= 0.6 is 0 Å². The number of allylic oxidation sites excluding steroid dienone is 1. The van der Waals surface area contributed by atoms with Gasteiger partial charge in [-0.1, -0.05) is 6.08 Å². The number of rotatable bonds is 9. The van der Waals surface area contributed by atoms with E-state index in [1.165, 1.54) is 43.1 Å². The summed E-state index contributed by atoms with van der Waals surface area (Å²) in [4.78, 5) is 0. The van der Waals surface area contributed by atoms with Crippen molar-refractivity contribution in [1.29, 1.82) is 0 Å². The molecule has 0 radical (unpaired) electrons. The van der Waals surface area contributed by atoms with Crippen molar-refractivity contribution in [2.75, 3.05) is 106 Å². The van der Waals surface area contributed by atoms with Crippen LogP contribution in [0.4, 0.5) is 0 Å². The molecule has 0 aromatic carbocycles. The van der Waals surface area contributed by atoms with Gasteiger partial charge in [0.15, 0.2) is 0 Å². The van der Waals surface area contributed by atoms with Gasteiger partial charge in [-0.25, -0.2) is 33.7 Å². The molecule has 20 nitrogen and oxygen atoms in total. The summed E-state index contributed by atoms with van der Waals surface area (Å²) in [6, 6.07) is -0.547. The van der Waals surface area contributed by atoms with E-state index in [1.807, 2.05) is 26.8 Å². The highest BCUT2D eigenvalue weighted by molar-refractivity contribution is 7.89. The second-order valence-electron chi connectivity index (χ2n) is 15.2. The predicted molar refractivity (Wildman–Crippen MR) is 208 cm³/mol. The van der Waals surface area contributed by atoms with E-state index in [1.54, 1.807) is 28.3 Å². The Kier molecular flexibility index (Phi) is 15.8. The fourth-order valence-electron chi connectivity index (χ4n) is 7.40. The average Bonchev–Trinajstić information content (AvgIpc) is 3.55. The Bertz CT molecular complexity index is 1780. The van der Waals surface area contributed by atoms with E-state index in [9.17, 15) is 38.8 Å². The molecule has 0 aromatic rings. The Balaban J connectivity index is 0.000000200. The van der Waals surface area contributed by atoms with E-state index < -0.39 is 57.8 Å². The maximum absolute atomic E-state index is 11.3. The third-order valence-corrected chi connectivity index (χ3v) is 16.3. The van der Waals surface area contributed by atoms with Crippen LogP contribution in [0.5, 0.6) is 0 Å². The lowest BCUT2D eigenvalue weighted by atomic mass is 9.93. The van der Waals surface area contributed by atoms with Crippen LogP contribution in [0.15, 0.2) is 11.6 Å². The van der Waals surface area contributed by atoms with Gasteiger partial charge in [-0.15, -0.1) is 0 Å². The molecule has 2 spiro atoms. The van der Waals surface area contributed by atoms with Gasteiger partial charge < -0.3 is 39.3 Å². The summed E-state index contributed by atoms with van der Waals surface area (Å²) in [5, 5.41) is 10.2. The first-order valence-corrected chi connectivity index (χ1v) is 25.3. The van der Waals surface area contributed by atoms with Gasteiger partial charge in [0, 0.05) is 86.8 Å². The van der Waals surface area contributed by atoms with E-state index in [0.717, 1.165) is 11.8 Å². The molecule has 56 heavy (non-hydrogen) atoms. The Morgan fingerprint density at radius 1 is 0.661 bits per heavy atom. The minimum Gasteiger partial charge on any atom is -0.384 e. The number of hydrogen-bond donors (Lipinski definition) is 2. The van der Waals surface area contributed by atoms with E-state index in [2.05, 4.69) is 0 Å². The quantitative estimate of drug-likeness (QED) is 0.178. The summed E-state index contributed by atoms with van der Waals surface area (Å²) < 4.78 is 128. The van der Waals surface area contributed by atoms with Crippen molar-refractivity contribution < 1.29 is 67.2 Å². The monoisotopic (exact) mass is 885 g/mol. The zero-order valence-electron chi connectivity index (χ0n) is 34.4. The van der Waals surface area contributed by atoms with Gasteiger partial charge >= 0.3 is 0 Å². The van der Waals surface area contributed by atoms with Crippen LogP contribution in [0.2, 0.25) is 0 Å². The number of sulfonamides is 4. The number of methoxy groups -OCH3 is 4. The number of nitrogens with zero attached hydrogens (tertiary/aromatic N) is 4. The van der Waals surface area contributed by atoms with Crippen LogP contribution in [0.25, 0.3) is 0 Å². The summed E-state index contributed by atoms with van der Waals surface area (Å²) in [7, 11) is -6.43.